The third kappa shape index (κ3) is 1.88. The molecule has 1 aromatic carbocycles. The van der Waals surface area contributed by atoms with Crippen LogP contribution in [-0.4, -0.2) is 25.0 Å². The third-order valence-electron chi connectivity index (χ3n) is 3.32. The first-order valence-corrected chi connectivity index (χ1v) is 6.10. The lowest BCUT2D eigenvalue weighted by atomic mass is 9.86. The van der Waals surface area contributed by atoms with Crippen molar-refractivity contribution in [3.63, 3.8) is 0 Å². The number of esters is 1. The quantitative estimate of drug-likeness (QED) is 0.833. The highest BCUT2D eigenvalue weighted by atomic mass is 16.5. The number of fused-ring (bicyclic) bond motifs is 1. The minimum absolute atomic E-state index is 0.104. The first-order chi connectivity index (χ1) is 8.48. The van der Waals surface area contributed by atoms with Crippen molar-refractivity contribution in [2.75, 3.05) is 18.1 Å². The second-order valence-corrected chi connectivity index (χ2v) is 4.88. The molecule has 1 aliphatic rings. The lowest BCUT2D eigenvalue weighted by Gasteiger charge is -2.22. The average Bonchev–Trinajstić information content (AvgIpc) is 2.52. The molecule has 0 radical (unpaired) electrons. The normalized spacial score (nSPS) is 16.6. The van der Waals surface area contributed by atoms with Gasteiger partial charge < -0.3 is 9.64 Å². The number of hydrogen-bond acceptors (Lipinski definition) is 3. The molecule has 4 nitrogen and oxygen atoms in total. The zero-order chi connectivity index (χ0) is 13.3. The molecule has 18 heavy (non-hydrogen) atoms. The molecule has 0 bridgehead atoms. The summed E-state index contributed by atoms with van der Waals surface area (Å²) in [6, 6.07) is 7.83. The molecular formula is C14H18N2O2. The maximum atomic E-state index is 11.6. The minimum atomic E-state index is -0.358. The number of amidine groups is 1. The van der Waals surface area contributed by atoms with Gasteiger partial charge in [0.25, 0.3) is 0 Å². The fourth-order valence-electron chi connectivity index (χ4n) is 2.32. The van der Waals surface area contributed by atoms with Crippen LogP contribution in [0.2, 0.25) is 0 Å². The van der Waals surface area contributed by atoms with Gasteiger partial charge in [-0.05, 0) is 32.4 Å². The van der Waals surface area contributed by atoms with Crippen LogP contribution in [0.1, 0.15) is 26.3 Å². The highest BCUT2D eigenvalue weighted by Gasteiger charge is 2.41. The van der Waals surface area contributed by atoms with Crippen molar-refractivity contribution in [3.8, 4) is 0 Å². The first-order valence-electron chi connectivity index (χ1n) is 6.10. The van der Waals surface area contributed by atoms with Crippen LogP contribution >= 0.6 is 0 Å². The number of hydrogen-bond donors (Lipinski definition) is 1. The van der Waals surface area contributed by atoms with Crippen molar-refractivity contribution in [1.29, 1.82) is 5.41 Å². The van der Waals surface area contributed by atoms with Crippen LogP contribution in [0.15, 0.2) is 24.3 Å². The topological polar surface area (TPSA) is 53.4 Å². The van der Waals surface area contributed by atoms with E-state index in [0.717, 1.165) is 11.3 Å². The van der Waals surface area contributed by atoms with Crippen molar-refractivity contribution < 1.29 is 9.53 Å². The monoisotopic (exact) mass is 246 g/mol. The summed E-state index contributed by atoms with van der Waals surface area (Å²) in [4.78, 5) is 13.3. The van der Waals surface area contributed by atoms with Gasteiger partial charge in [-0.1, -0.05) is 18.2 Å². The van der Waals surface area contributed by atoms with Crippen LogP contribution in [0, 0.1) is 5.41 Å². The standard InChI is InChI=1S/C14H18N2O2/c1-4-18-12(17)9-16-11-8-6-5-7-10(11)14(2,3)13(16)15/h5-8,15H,4,9H2,1-3H3. The Labute approximate surface area is 107 Å². The Hall–Kier alpha value is -1.84. The molecule has 0 amide bonds. The highest BCUT2D eigenvalue weighted by molar-refractivity contribution is 6.11. The maximum absolute atomic E-state index is 11.6. The molecule has 0 spiro atoms. The number of carbonyl (C=O) groups excluding carboxylic acids is 1. The molecule has 2 rings (SSSR count). The Morgan fingerprint density at radius 1 is 1.39 bits per heavy atom. The number of nitrogens with zero attached hydrogens (tertiary/aromatic N) is 1. The Balaban J connectivity index is 2.33. The second kappa shape index (κ2) is 4.44. The molecule has 1 N–H and O–H groups in total. The van der Waals surface area contributed by atoms with E-state index < -0.39 is 0 Å². The fraction of sp³-hybridized carbons (Fsp3) is 0.429. The number of ether oxygens (including phenoxy) is 1. The summed E-state index contributed by atoms with van der Waals surface area (Å²) < 4.78 is 4.96. The van der Waals surface area contributed by atoms with E-state index in [9.17, 15) is 4.79 Å². The van der Waals surface area contributed by atoms with Gasteiger partial charge in [-0.15, -0.1) is 0 Å². The van der Waals surface area contributed by atoms with E-state index in [2.05, 4.69) is 0 Å². The Morgan fingerprint density at radius 2 is 2.06 bits per heavy atom. The van der Waals surface area contributed by atoms with E-state index in [-0.39, 0.29) is 17.9 Å². The molecule has 1 aromatic rings. The van der Waals surface area contributed by atoms with Crippen LogP contribution in [0.25, 0.3) is 0 Å². The molecular weight excluding hydrogens is 228 g/mol. The summed E-state index contributed by atoms with van der Waals surface area (Å²) in [5.74, 6) is 0.145. The van der Waals surface area contributed by atoms with Gasteiger partial charge >= 0.3 is 5.97 Å². The summed E-state index contributed by atoms with van der Waals surface area (Å²) in [7, 11) is 0. The fourth-order valence-corrected chi connectivity index (χ4v) is 2.32. The van der Waals surface area contributed by atoms with Gasteiger partial charge in [0, 0.05) is 11.1 Å². The van der Waals surface area contributed by atoms with Crippen LogP contribution in [0.4, 0.5) is 5.69 Å². The molecule has 0 aliphatic carbocycles. The van der Waals surface area contributed by atoms with E-state index in [1.165, 1.54) is 0 Å². The van der Waals surface area contributed by atoms with Crippen LogP contribution in [-0.2, 0) is 14.9 Å². The van der Waals surface area contributed by atoms with Gasteiger partial charge in [0.2, 0.25) is 0 Å². The highest BCUT2D eigenvalue weighted by Crippen LogP contribution is 2.41. The van der Waals surface area contributed by atoms with Gasteiger partial charge in [0.1, 0.15) is 12.4 Å². The molecule has 96 valence electrons. The molecule has 0 saturated heterocycles. The van der Waals surface area contributed by atoms with E-state index >= 15 is 0 Å². The lowest BCUT2D eigenvalue weighted by Crippen LogP contribution is -2.39. The van der Waals surface area contributed by atoms with Crippen molar-refractivity contribution in [2.24, 2.45) is 0 Å². The predicted octanol–water partition coefficient (Wildman–Crippen LogP) is 2.32. The van der Waals surface area contributed by atoms with E-state index in [1.807, 2.05) is 38.1 Å². The number of anilines is 1. The lowest BCUT2D eigenvalue weighted by molar-refractivity contribution is -0.141. The molecule has 1 aliphatic heterocycles. The average molecular weight is 246 g/mol. The molecule has 1 heterocycles. The molecule has 0 unspecified atom stereocenters. The number of carbonyl (C=O) groups is 1. The van der Waals surface area contributed by atoms with Crippen molar-refractivity contribution in [2.45, 2.75) is 26.2 Å². The summed E-state index contributed by atoms with van der Waals surface area (Å²) in [5.41, 5.74) is 1.66. The summed E-state index contributed by atoms with van der Waals surface area (Å²) >= 11 is 0. The van der Waals surface area contributed by atoms with Crippen LogP contribution in [0.3, 0.4) is 0 Å². The number of nitrogens with one attached hydrogen (secondary N) is 1. The third-order valence-corrected chi connectivity index (χ3v) is 3.32. The Kier molecular flexibility index (Phi) is 3.11. The predicted molar refractivity (Wildman–Crippen MR) is 71.2 cm³/mol. The zero-order valence-corrected chi connectivity index (χ0v) is 11.0. The van der Waals surface area contributed by atoms with Crippen LogP contribution in [0.5, 0.6) is 0 Å². The van der Waals surface area contributed by atoms with Crippen molar-refractivity contribution in [1.82, 2.24) is 0 Å². The van der Waals surface area contributed by atoms with Gasteiger partial charge in [0.15, 0.2) is 0 Å². The summed E-state index contributed by atoms with van der Waals surface area (Å²) in [6.45, 7) is 6.25. The molecule has 0 fully saturated rings. The van der Waals surface area contributed by atoms with Crippen LogP contribution < -0.4 is 4.90 Å². The summed E-state index contributed by atoms with van der Waals surface area (Å²) in [6.07, 6.45) is 0. The van der Waals surface area contributed by atoms with Crippen molar-refractivity contribution >= 4 is 17.5 Å². The maximum Gasteiger partial charge on any atom is 0.326 e. The van der Waals surface area contributed by atoms with E-state index in [0.29, 0.717) is 12.4 Å². The van der Waals surface area contributed by atoms with E-state index in [4.69, 9.17) is 10.1 Å². The smallest absolute Gasteiger partial charge is 0.326 e. The van der Waals surface area contributed by atoms with Gasteiger partial charge in [-0.2, -0.15) is 0 Å². The number of benzene rings is 1. The molecule has 4 heteroatoms. The Morgan fingerprint density at radius 3 is 2.72 bits per heavy atom. The second-order valence-electron chi connectivity index (χ2n) is 4.88. The number of rotatable bonds is 3. The first kappa shape index (κ1) is 12.6. The number of para-hydroxylation sites is 1. The SMILES string of the molecule is CCOC(=O)CN1C(=N)C(C)(C)c2ccccc21. The minimum Gasteiger partial charge on any atom is -0.465 e. The van der Waals surface area contributed by atoms with Gasteiger partial charge in [0.05, 0.1) is 6.61 Å². The summed E-state index contributed by atoms with van der Waals surface area (Å²) in [5, 5.41) is 8.24. The van der Waals surface area contributed by atoms with Crippen molar-refractivity contribution in [3.05, 3.63) is 29.8 Å². The van der Waals surface area contributed by atoms with E-state index in [1.54, 1.807) is 11.8 Å². The largest absolute Gasteiger partial charge is 0.465 e. The van der Waals surface area contributed by atoms with Gasteiger partial charge in [-0.25, -0.2) is 0 Å². The molecule has 0 aromatic heterocycles. The molecule has 0 saturated carbocycles. The Bertz CT molecular complexity index is 494. The molecule has 0 atom stereocenters. The zero-order valence-electron chi connectivity index (χ0n) is 11.0. The van der Waals surface area contributed by atoms with Gasteiger partial charge in [-0.3, -0.25) is 10.2 Å².